The molecule has 1 aromatic rings. The molecular weight excluding hydrogens is 232 g/mol. The third-order valence-electron chi connectivity index (χ3n) is 1.56. The van der Waals surface area contributed by atoms with E-state index in [1.165, 1.54) is 18.3 Å². The number of rotatable bonds is 6. The lowest BCUT2D eigenvalue weighted by atomic mass is 10.5. The predicted octanol–water partition coefficient (Wildman–Crippen LogP) is 2.61. The second-order valence-corrected chi connectivity index (χ2v) is 5.33. The summed E-state index contributed by atoms with van der Waals surface area (Å²) >= 11 is 3.16. The molecular formula is C10H12O3S2. The first-order valence-electron chi connectivity index (χ1n) is 4.53. The third-order valence-corrected chi connectivity index (χ3v) is 3.88. The lowest BCUT2D eigenvalue weighted by molar-refractivity contribution is -0.140. The summed E-state index contributed by atoms with van der Waals surface area (Å²) in [5.41, 5.74) is 0. The molecule has 5 heteroatoms. The van der Waals surface area contributed by atoms with Crippen molar-refractivity contribution in [2.75, 3.05) is 12.4 Å². The Morgan fingerprint density at radius 2 is 2.40 bits per heavy atom. The number of carbonyl (C=O) groups is 2. The summed E-state index contributed by atoms with van der Waals surface area (Å²) in [6, 6.07) is 3.75. The molecule has 0 radical (unpaired) electrons. The maximum atomic E-state index is 10.5. The fourth-order valence-electron chi connectivity index (χ4n) is 0.923. The molecule has 15 heavy (non-hydrogen) atoms. The van der Waals surface area contributed by atoms with Crippen LogP contribution in [0.1, 0.15) is 23.0 Å². The molecule has 0 aliphatic carbocycles. The predicted molar refractivity (Wildman–Crippen MR) is 61.7 cm³/mol. The number of hydrogen-bond acceptors (Lipinski definition) is 5. The van der Waals surface area contributed by atoms with Crippen LogP contribution in [0.5, 0.6) is 0 Å². The number of hydrogen-bond donors (Lipinski definition) is 0. The van der Waals surface area contributed by atoms with Crippen LogP contribution in [0.25, 0.3) is 0 Å². The topological polar surface area (TPSA) is 43.4 Å². The van der Waals surface area contributed by atoms with Crippen LogP contribution in [-0.2, 0) is 9.53 Å². The van der Waals surface area contributed by atoms with E-state index in [-0.39, 0.29) is 5.97 Å². The Morgan fingerprint density at radius 3 is 3.00 bits per heavy atom. The van der Waals surface area contributed by atoms with E-state index in [4.69, 9.17) is 4.74 Å². The molecule has 0 aliphatic rings. The quantitative estimate of drug-likeness (QED) is 0.334. The Morgan fingerprint density at radius 1 is 1.60 bits per heavy atom. The molecule has 1 aromatic heterocycles. The van der Waals surface area contributed by atoms with Crippen molar-refractivity contribution in [1.82, 2.24) is 0 Å². The molecule has 0 saturated heterocycles. The molecule has 0 unspecified atom stereocenters. The Balaban J connectivity index is 2.14. The van der Waals surface area contributed by atoms with Gasteiger partial charge in [0.1, 0.15) is 0 Å². The summed E-state index contributed by atoms with van der Waals surface area (Å²) < 4.78 is 5.93. The molecule has 3 nitrogen and oxygen atoms in total. The van der Waals surface area contributed by atoms with Gasteiger partial charge in [-0.2, -0.15) is 0 Å². The van der Waals surface area contributed by atoms with E-state index < -0.39 is 0 Å². The van der Waals surface area contributed by atoms with Crippen molar-refractivity contribution in [2.24, 2.45) is 0 Å². The number of thioether (sulfide) groups is 1. The van der Waals surface area contributed by atoms with E-state index >= 15 is 0 Å². The minimum absolute atomic E-state index is 0.237. The van der Waals surface area contributed by atoms with Crippen molar-refractivity contribution < 1.29 is 14.3 Å². The van der Waals surface area contributed by atoms with Crippen LogP contribution in [0.15, 0.2) is 16.3 Å². The van der Waals surface area contributed by atoms with Crippen LogP contribution in [0, 0.1) is 0 Å². The highest BCUT2D eigenvalue weighted by Gasteiger charge is 2.00. The molecule has 1 heterocycles. The van der Waals surface area contributed by atoms with Crippen molar-refractivity contribution >= 4 is 35.4 Å². The minimum atomic E-state index is -0.237. The highest BCUT2D eigenvalue weighted by molar-refractivity contribution is 8.01. The van der Waals surface area contributed by atoms with Crippen LogP contribution in [0.3, 0.4) is 0 Å². The normalized spacial score (nSPS) is 9.93. The molecule has 0 aliphatic heterocycles. The van der Waals surface area contributed by atoms with Gasteiger partial charge in [-0.3, -0.25) is 9.59 Å². The Kier molecular flexibility index (Phi) is 5.42. The summed E-state index contributed by atoms with van der Waals surface area (Å²) in [7, 11) is 0. The fourth-order valence-corrected chi connectivity index (χ4v) is 2.88. The first-order chi connectivity index (χ1) is 7.22. The summed E-state index contributed by atoms with van der Waals surface area (Å²) in [6.45, 7) is 1.87. The van der Waals surface area contributed by atoms with Gasteiger partial charge in [-0.05, 0) is 18.6 Å². The van der Waals surface area contributed by atoms with E-state index in [0.717, 1.165) is 27.5 Å². The van der Waals surface area contributed by atoms with Gasteiger partial charge in [0.2, 0.25) is 0 Å². The van der Waals surface area contributed by atoms with Gasteiger partial charge in [0.15, 0.2) is 6.29 Å². The monoisotopic (exact) mass is 244 g/mol. The lowest BCUT2D eigenvalue weighted by Crippen LogP contribution is -2.00. The highest BCUT2D eigenvalue weighted by Crippen LogP contribution is 2.26. The Hall–Kier alpha value is -0.810. The third kappa shape index (κ3) is 4.99. The van der Waals surface area contributed by atoms with Crippen molar-refractivity contribution in [3.8, 4) is 0 Å². The number of thiophene rings is 1. The number of aldehydes is 1. The van der Waals surface area contributed by atoms with Crippen molar-refractivity contribution in [3.05, 3.63) is 17.0 Å². The van der Waals surface area contributed by atoms with Crippen molar-refractivity contribution in [3.63, 3.8) is 0 Å². The van der Waals surface area contributed by atoms with E-state index in [2.05, 4.69) is 0 Å². The highest BCUT2D eigenvalue weighted by atomic mass is 32.2. The molecule has 1 rings (SSSR count). The van der Waals surface area contributed by atoms with E-state index in [0.29, 0.717) is 6.61 Å². The van der Waals surface area contributed by atoms with Crippen LogP contribution in [0.4, 0.5) is 0 Å². The number of ether oxygens (including phenoxy) is 1. The summed E-state index contributed by atoms with van der Waals surface area (Å²) in [5.74, 6) is 0.658. The Bertz CT molecular complexity index is 333. The van der Waals surface area contributed by atoms with Crippen LogP contribution in [-0.4, -0.2) is 24.6 Å². The largest absolute Gasteiger partial charge is 0.466 e. The van der Waals surface area contributed by atoms with Gasteiger partial charge in [0.05, 0.1) is 15.7 Å². The SMILES string of the molecule is CC(=O)OCCCSc1ccc(C=O)s1. The van der Waals surface area contributed by atoms with Crippen LogP contribution in [0.2, 0.25) is 0 Å². The van der Waals surface area contributed by atoms with Gasteiger partial charge in [-0.1, -0.05) is 0 Å². The first kappa shape index (κ1) is 12.3. The molecule has 0 bridgehead atoms. The fraction of sp³-hybridized carbons (Fsp3) is 0.400. The standard InChI is InChI=1S/C10H12O3S2/c1-8(12)13-5-2-6-14-10-4-3-9(7-11)15-10/h3-4,7H,2,5-6H2,1H3. The Labute approximate surface area is 96.8 Å². The molecule has 0 atom stereocenters. The maximum Gasteiger partial charge on any atom is 0.302 e. The summed E-state index contributed by atoms with van der Waals surface area (Å²) in [5, 5.41) is 0. The van der Waals surface area contributed by atoms with Gasteiger partial charge in [-0.15, -0.1) is 23.1 Å². The molecule has 0 amide bonds. The number of carbonyl (C=O) groups excluding carboxylic acids is 2. The van der Waals surface area contributed by atoms with E-state index in [1.807, 2.05) is 12.1 Å². The van der Waals surface area contributed by atoms with Crippen LogP contribution < -0.4 is 0 Å². The zero-order chi connectivity index (χ0) is 11.1. The summed E-state index contributed by atoms with van der Waals surface area (Å²) in [6.07, 6.45) is 1.69. The van der Waals surface area contributed by atoms with Crippen molar-refractivity contribution in [2.45, 2.75) is 17.6 Å². The first-order valence-corrected chi connectivity index (χ1v) is 6.34. The van der Waals surface area contributed by atoms with Crippen LogP contribution >= 0.6 is 23.1 Å². The summed E-state index contributed by atoms with van der Waals surface area (Å²) in [4.78, 5) is 21.6. The average molecular weight is 244 g/mol. The minimum Gasteiger partial charge on any atom is -0.466 e. The molecule has 0 aromatic carbocycles. The van der Waals surface area contributed by atoms with Gasteiger partial charge < -0.3 is 4.74 Å². The van der Waals surface area contributed by atoms with E-state index in [9.17, 15) is 9.59 Å². The van der Waals surface area contributed by atoms with Crippen molar-refractivity contribution in [1.29, 1.82) is 0 Å². The zero-order valence-corrected chi connectivity index (χ0v) is 10.0. The van der Waals surface area contributed by atoms with Gasteiger partial charge in [0, 0.05) is 12.7 Å². The molecule has 0 saturated carbocycles. The number of esters is 1. The molecule has 82 valence electrons. The maximum absolute atomic E-state index is 10.5. The van der Waals surface area contributed by atoms with Gasteiger partial charge >= 0.3 is 5.97 Å². The molecule has 0 fully saturated rings. The zero-order valence-electron chi connectivity index (χ0n) is 8.39. The lowest BCUT2D eigenvalue weighted by Gasteiger charge is -2.00. The van der Waals surface area contributed by atoms with E-state index in [1.54, 1.807) is 11.8 Å². The molecule has 0 spiro atoms. The van der Waals surface area contributed by atoms with Gasteiger partial charge in [-0.25, -0.2) is 0 Å². The second-order valence-electron chi connectivity index (χ2n) is 2.82. The molecule has 0 N–H and O–H groups in total. The second kappa shape index (κ2) is 6.63. The van der Waals surface area contributed by atoms with Gasteiger partial charge in [0.25, 0.3) is 0 Å². The smallest absolute Gasteiger partial charge is 0.302 e. The average Bonchev–Trinajstić information content (AvgIpc) is 2.65.